The van der Waals surface area contributed by atoms with Crippen LogP contribution in [0.3, 0.4) is 0 Å². The zero-order valence-corrected chi connectivity index (χ0v) is 46.3. The summed E-state index contributed by atoms with van der Waals surface area (Å²) in [5, 5.41) is 0. The Morgan fingerprint density at radius 2 is 0.805 bits per heavy atom. The quantitative estimate of drug-likeness (QED) is 0.160. The maximum absolute atomic E-state index is 2.69. The summed E-state index contributed by atoms with van der Waals surface area (Å²) >= 11 is 0. The van der Waals surface area contributed by atoms with E-state index >= 15 is 0 Å². The van der Waals surface area contributed by atoms with Crippen LogP contribution in [0.15, 0.2) is 200 Å². The number of nitrogens with zero attached hydrogens (tertiary/aromatic N) is 1. The fourth-order valence-electron chi connectivity index (χ4n) is 17.3. The number of hydrogen-bond donors (Lipinski definition) is 0. The van der Waals surface area contributed by atoms with Gasteiger partial charge in [-0.3, -0.25) is 0 Å². The number of anilines is 3. The summed E-state index contributed by atoms with van der Waals surface area (Å²) in [6.07, 6.45) is 6.89. The van der Waals surface area contributed by atoms with Crippen molar-refractivity contribution in [2.45, 2.75) is 115 Å². The molecule has 16 rings (SSSR count). The SMILES string of the molecule is CC(C)(C)c1ccc(C2(c3ccc(C(C)(C)C)cc3)c3ccccc3-c3ccc(N(c4cccc(-c5cccc6c5C(C)(C)c5ccccc5-6)c4)c4ccc5c(c4)C4(c6ccccc6-5)C5CC6CC(C5)CC4C6)cc32)cc1. The van der Waals surface area contributed by atoms with Crippen molar-refractivity contribution in [2.75, 3.05) is 4.90 Å². The first-order valence-corrected chi connectivity index (χ1v) is 29.0. The molecule has 4 fully saturated rings. The molecule has 0 aromatic heterocycles. The van der Waals surface area contributed by atoms with Gasteiger partial charge < -0.3 is 4.90 Å². The Bertz CT molecular complexity index is 3780. The van der Waals surface area contributed by atoms with Crippen molar-refractivity contribution >= 4 is 17.1 Å². The van der Waals surface area contributed by atoms with Crippen molar-refractivity contribution in [3.05, 3.63) is 256 Å². The summed E-state index contributed by atoms with van der Waals surface area (Å²) in [5.41, 5.74) is 27.7. The van der Waals surface area contributed by atoms with Crippen molar-refractivity contribution in [3.63, 3.8) is 0 Å². The van der Waals surface area contributed by atoms with Gasteiger partial charge in [0, 0.05) is 27.9 Å². The molecule has 0 aliphatic heterocycles. The van der Waals surface area contributed by atoms with Crippen LogP contribution >= 0.6 is 0 Å². The highest BCUT2D eigenvalue weighted by atomic mass is 15.1. The minimum Gasteiger partial charge on any atom is -0.310 e. The van der Waals surface area contributed by atoms with E-state index in [1.54, 1.807) is 11.1 Å². The summed E-state index contributed by atoms with van der Waals surface area (Å²) in [5.74, 6) is 3.11. The predicted molar refractivity (Wildman–Crippen MR) is 322 cm³/mol. The molecule has 380 valence electrons. The Hall–Kier alpha value is -7.22. The molecule has 9 aromatic rings. The van der Waals surface area contributed by atoms with Crippen LogP contribution in [0.5, 0.6) is 0 Å². The van der Waals surface area contributed by atoms with Crippen molar-refractivity contribution in [2.24, 2.45) is 23.7 Å². The number of rotatable bonds is 6. The lowest BCUT2D eigenvalue weighted by Crippen LogP contribution is -2.55. The van der Waals surface area contributed by atoms with E-state index in [0.717, 1.165) is 11.8 Å². The molecule has 0 unspecified atom stereocenters. The van der Waals surface area contributed by atoms with Crippen LogP contribution in [0.1, 0.15) is 143 Å². The largest absolute Gasteiger partial charge is 0.310 e. The van der Waals surface area contributed by atoms with E-state index in [1.165, 1.54) is 138 Å². The first kappa shape index (κ1) is 47.0. The summed E-state index contributed by atoms with van der Waals surface area (Å²) in [7, 11) is 0. The smallest absolute Gasteiger partial charge is 0.0714 e. The molecule has 0 N–H and O–H groups in total. The molecule has 1 spiro atoms. The third kappa shape index (κ3) is 6.59. The monoisotopic (exact) mass is 998 g/mol. The van der Waals surface area contributed by atoms with Gasteiger partial charge in [0.15, 0.2) is 0 Å². The second-order valence-corrected chi connectivity index (χ2v) is 26.9. The molecule has 7 aliphatic rings. The van der Waals surface area contributed by atoms with Gasteiger partial charge in [0.2, 0.25) is 0 Å². The van der Waals surface area contributed by atoms with Crippen LogP contribution in [-0.4, -0.2) is 0 Å². The first-order chi connectivity index (χ1) is 37.1. The lowest BCUT2D eigenvalue weighted by molar-refractivity contribution is -0.0399. The van der Waals surface area contributed by atoms with E-state index in [-0.39, 0.29) is 21.7 Å². The van der Waals surface area contributed by atoms with Gasteiger partial charge in [-0.05, 0) is 203 Å². The Morgan fingerprint density at radius 3 is 1.39 bits per heavy atom. The van der Waals surface area contributed by atoms with Crippen LogP contribution in [0, 0.1) is 23.7 Å². The standard InChI is InChI=1S/C76H71N/c1-72(2,3)50-27-31-52(32-28-50)75(53-33-29-51(30-34-53)73(4,5)6)67-25-13-10-19-60(67)63-37-35-57(45-69(63)75)77(56-18-15-17-49(44-56)59-22-16-23-65-62-21-9-12-24-66(62)74(7,8)71(59)65)58-36-38-64-61-20-11-14-26-68(61)76(70(64)46-58)54-40-47-39-48(42-54)43-55(76)41-47/h9-38,44-48,54-55H,39-43H2,1-8H3. The summed E-state index contributed by atoms with van der Waals surface area (Å²) < 4.78 is 0. The van der Waals surface area contributed by atoms with E-state index in [0.29, 0.717) is 11.8 Å². The lowest BCUT2D eigenvalue weighted by Gasteiger charge is -2.61. The zero-order chi connectivity index (χ0) is 52.4. The molecule has 0 saturated heterocycles. The Labute approximate surface area is 458 Å². The molecule has 7 aliphatic carbocycles. The van der Waals surface area contributed by atoms with Crippen molar-refractivity contribution in [3.8, 4) is 44.5 Å². The highest BCUT2D eigenvalue weighted by molar-refractivity contribution is 5.93. The van der Waals surface area contributed by atoms with Crippen molar-refractivity contribution in [1.82, 2.24) is 0 Å². The molecule has 4 bridgehead atoms. The van der Waals surface area contributed by atoms with Crippen LogP contribution < -0.4 is 4.90 Å². The average Bonchev–Trinajstić information content (AvgIpc) is 4.14. The zero-order valence-electron chi connectivity index (χ0n) is 46.3. The number of hydrogen-bond acceptors (Lipinski definition) is 1. The molecule has 1 nitrogen and oxygen atoms in total. The minimum atomic E-state index is -0.572. The third-order valence-electron chi connectivity index (χ3n) is 20.4. The Balaban J connectivity index is 0.977. The van der Waals surface area contributed by atoms with E-state index in [9.17, 15) is 0 Å². The first-order valence-electron chi connectivity index (χ1n) is 29.0. The van der Waals surface area contributed by atoms with Crippen molar-refractivity contribution < 1.29 is 0 Å². The van der Waals surface area contributed by atoms with Gasteiger partial charge in [-0.25, -0.2) is 0 Å². The Morgan fingerprint density at radius 1 is 0.364 bits per heavy atom. The highest BCUT2D eigenvalue weighted by Gasteiger charge is 2.61. The molecular weight excluding hydrogens is 927 g/mol. The summed E-state index contributed by atoms with van der Waals surface area (Å²) in [4.78, 5) is 2.64. The van der Waals surface area contributed by atoms with Gasteiger partial charge in [-0.2, -0.15) is 0 Å². The normalized spacial score (nSPS) is 22.3. The van der Waals surface area contributed by atoms with E-state index < -0.39 is 5.41 Å². The van der Waals surface area contributed by atoms with Gasteiger partial charge in [-0.15, -0.1) is 0 Å². The average molecular weight is 998 g/mol. The second kappa shape index (κ2) is 16.4. The maximum Gasteiger partial charge on any atom is 0.0714 e. The molecule has 9 aromatic carbocycles. The topological polar surface area (TPSA) is 3.24 Å². The van der Waals surface area contributed by atoms with E-state index in [1.807, 2.05) is 0 Å². The van der Waals surface area contributed by atoms with Crippen LogP contribution in [0.2, 0.25) is 0 Å². The fourth-order valence-corrected chi connectivity index (χ4v) is 17.3. The molecular formula is C76H71N. The molecule has 77 heavy (non-hydrogen) atoms. The molecule has 0 radical (unpaired) electrons. The Kier molecular flexibility index (Phi) is 10.0. The maximum atomic E-state index is 2.69. The van der Waals surface area contributed by atoms with Gasteiger partial charge in [0.25, 0.3) is 0 Å². The molecule has 0 amide bonds. The van der Waals surface area contributed by atoms with Gasteiger partial charge in [-0.1, -0.05) is 219 Å². The van der Waals surface area contributed by atoms with Gasteiger partial charge in [0.1, 0.15) is 0 Å². The van der Waals surface area contributed by atoms with Gasteiger partial charge in [0.05, 0.1) is 5.41 Å². The lowest BCUT2D eigenvalue weighted by atomic mass is 9.43. The van der Waals surface area contributed by atoms with Crippen LogP contribution in [0.25, 0.3) is 44.5 Å². The highest BCUT2D eigenvalue weighted by Crippen LogP contribution is 2.70. The van der Waals surface area contributed by atoms with E-state index in [2.05, 4.69) is 260 Å². The van der Waals surface area contributed by atoms with E-state index in [4.69, 9.17) is 0 Å². The summed E-state index contributed by atoms with van der Waals surface area (Å²) in [6, 6.07) is 78.9. The molecule has 4 saturated carbocycles. The van der Waals surface area contributed by atoms with Crippen molar-refractivity contribution in [1.29, 1.82) is 0 Å². The fraction of sp³-hybridized carbons (Fsp3) is 0.289. The summed E-state index contributed by atoms with van der Waals surface area (Å²) in [6.45, 7) is 18.8. The third-order valence-corrected chi connectivity index (χ3v) is 20.4. The molecule has 0 heterocycles. The number of benzene rings is 9. The van der Waals surface area contributed by atoms with Crippen LogP contribution in [-0.2, 0) is 27.1 Å². The van der Waals surface area contributed by atoms with Crippen LogP contribution in [0.4, 0.5) is 17.1 Å². The number of fused-ring (bicyclic) bond motifs is 9. The predicted octanol–water partition coefficient (Wildman–Crippen LogP) is 19.8. The molecule has 1 heteroatoms. The molecule has 0 atom stereocenters. The minimum absolute atomic E-state index is 0.0276. The van der Waals surface area contributed by atoms with Gasteiger partial charge >= 0.3 is 0 Å². The second-order valence-electron chi connectivity index (χ2n) is 26.9.